The number of amides is 1. The molecule has 0 bridgehead atoms. The number of nitrogens with zero attached hydrogens (tertiary/aromatic N) is 2. The van der Waals surface area contributed by atoms with Crippen molar-refractivity contribution in [1.29, 1.82) is 0 Å². The van der Waals surface area contributed by atoms with Crippen LogP contribution < -0.4 is 10.2 Å². The predicted octanol–water partition coefficient (Wildman–Crippen LogP) is 3.87. The largest absolute Gasteiger partial charge is 0.467 e. The van der Waals surface area contributed by atoms with Crippen molar-refractivity contribution in [2.75, 3.05) is 18.0 Å². The second kappa shape index (κ2) is 7.44. The quantitative estimate of drug-likeness (QED) is 0.761. The summed E-state index contributed by atoms with van der Waals surface area (Å²) >= 11 is 0. The van der Waals surface area contributed by atoms with E-state index in [0.29, 0.717) is 12.1 Å². The number of hydrogen-bond donors (Lipinski definition) is 1. The minimum atomic E-state index is -0.120. The Kier molecular flexibility index (Phi) is 4.69. The molecule has 5 nitrogen and oxygen atoms in total. The summed E-state index contributed by atoms with van der Waals surface area (Å²) in [5.41, 5.74) is 2.61. The highest BCUT2D eigenvalue weighted by molar-refractivity contribution is 5.95. The maximum absolute atomic E-state index is 12.4. The first-order chi connectivity index (χ1) is 12.8. The lowest BCUT2D eigenvalue weighted by atomic mass is 10.0. The fraction of sp³-hybridized carbons (Fsp3) is 0.238. The van der Waals surface area contributed by atoms with E-state index in [1.807, 2.05) is 36.5 Å². The van der Waals surface area contributed by atoms with Gasteiger partial charge in [0, 0.05) is 30.4 Å². The van der Waals surface area contributed by atoms with Crippen molar-refractivity contribution in [3.05, 3.63) is 72.3 Å². The van der Waals surface area contributed by atoms with E-state index < -0.39 is 0 Å². The molecule has 0 saturated carbocycles. The third-order valence-corrected chi connectivity index (χ3v) is 4.64. The number of anilines is 1. The first-order valence-corrected chi connectivity index (χ1v) is 8.91. The lowest BCUT2D eigenvalue weighted by Crippen LogP contribution is -2.22. The van der Waals surface area contributed by atoms with Gasteiger partial charge in [0.05, 0.1) is 12.8 Å². The van der Waals surface area contributed by atoms with E-state index in [2.05, 4.69) is 27.3 Å². The summed E-state index contributed by atoms with van der Waals surface area (Å²) in [7, 11) is 0. The summed E-state index contributed by atoms with van der Waals surface area (Å²) in [5.74, 6) is 1.64. The van der Waals surface area contributed by atoms with E-state index in [0.717, 1.165) is 35.8 Å². The highest BCUT2D eigenvalue weighted by Gasteiger charge is 2.13. The molecule has 4 rings (SSSR count). The highest BCUT2D eigenvalue weighted by Crippen LogP contribution is 2.23. The smallest absolute Gasteiger partial charge is 0.251 e. The van der Waals surface area contributed by atoms with Crippen LogP contribution in [0.25, 0.3) is 11.1 Å². The molecule has 1 aliphatic rings. The molecule has 1 aliphatic heterocycles. The zero-order valence-electron chi connectivity index (χ0n) is 14.5. The molecule has 0 atom stereocenters. The molecule has 1 fully saturated rings. The van der Waals surface area contributed by atoms with Gasteiger partial charge in [-0.25, -0.2) is 4.98 Å². The van der Waals surface area contributed by atoms with Crippen molar-refractivity contribution in [3.63, 3.8) is 0 Å². The predicted molar refractivity (Wildman–Crippen MR) is 101 cm³/mol. The average molecular weight is 347 g/mol. The molecule has 132 valence electrons. The fourth-order valence-electron chi connectivity index (χ4n) is 3.21. The van der Waals surface area contributed by atoms with Gasteiger partial charge in [0.1, 0.15) is 11.6 Å². The Morgan fingerprint density at radius 3 is 2.69 bits per heavy atom. The highest BCUT2D eigenvalue weighted by atomic mass is 16.3. The topological polar surface area (TPSA) is 58.4 Å². The lowest BCUT2D eigenvalue weighted by Gasteiger charge is -2.16. The van der Waals surface area contributed by atoms with Gasteiger partial charge in [0.25, 0.3) is 5.91 Å². The number of carbonyl (C=O) groups is 1. The molecule has 0 radical (unpaired) electrons. The molecule has 1 saturated heterocycles. The minimum absolute atomic E-state index is 0.120. The minimum Gasteiger partial charge on any atom is -0.467 e. The van der Waals surface area contributed by atoms with Gasteiger partial charge in [-0.15, -0.1) is 0 Å². The third kappa shape index (κ3) is 3.61. The van der Waals surface area contributed by atoms with E-state index in [4.69, 9.17) is 4.42 Å². The second-order valence-corrected chi connectivity index (χ2v) is 6.44. The van der Waals surface area contributed by atoms with Gasteiger partial charge in [-0.2, -0.15) is 0 Å². The summed E-state index contributed by atoms with van der Waals surface area (Å²) in [6, 6.07) is 15.4. The summed E-state index contributed by atoms with van der Waals surface area (Å²) in [6.07, 6.45) is 5.95. The number of benzene rings is 1. The van der Waals surface area contributed by atoms with Gasteiger partial charge >= 0.3 is 0 Å². The van der Waals surface area contributed by atoms with Crippen LogP contribution in [0.4, 0.5) is 5.82 Å². The van der Waals surface area contributed by atoms with E-state index in [9.17, 15) is 4.79 Å². The second-order valence-electron chi connectivity index (χ2n) is 6.44. The van der Waals surface area contributed by atoms with Crippen LogP contribution in [0.5, 0.6) is 0 Å². The molecule has 0 aliphatic carbocycles. The van der Waals surface area contributed by atoms with E-state index in [1.165, 1.54) is 12.8 Å². The van der Waals surface area contributed by atoms with Gasteiger partial charge in [-0.1, -0.05) is 12.1 Å². The molecule has 0 spiro atoms. The number of aromatic nitrogens is 1. The monoisotopic (exact) mass is 347 g/mol. The molecule has 0 unspecified atom stereocenters. The van der Waals surface area contributed by atoms with E-state index in [1.54, 1.807) is 12.3 Å². The van der Waals surface area contributed by atoms with Crippen LogP contribution in [-0.4, -0.2) is 24.0 Å². The number of hydrogen-bond acceptors (Lipinski definition) is 4. The number of rotatable bonds is 5. The molecule has 2 aromatic heterocycles. The third-order valence-electron chi connectivity index (χ3n) is 4.64. The zero-order valence-corrected chi connectivity index (χ0v) is 14.5. The molecule has 3 heterocycles. The van der Waals surface area contributed by atoms with Crippen LogP contribution in [0.2, 0.25) is 0 Å². The van der Waals surface area contributed by atoms with Crippen molar-refractivity contribution in [2.45, 2.75) is 19.4 Å². The van der Waals surface area contributed by atoms with Gasteiger partial charge in [0.2, 0.25) is 0 Å². The number of carbonyl (C=O) groups excluding carboxylic acids is 1. The zero-order chi connectivity index (χ0) is 17.8. The molecule has 3 aromatic rings. The maximum Gasteiger partial charge on any atom is 0.251 e. The van der Waals surface area contributed by atoms with Crippen LogP contribution in [0.1, 0.15) is 29.0 Å². The Morgan fingerprint density at radius 1 is 1.08 bits per heavy atom. The summed E-state index contributed by atoms with van der Waals surface area (Å²) < 4.78 is 5.24. The molecular formula is C21H21N3O2. The fourth-order valence-corrected chi connectivity index (χ4v) is 3.21. The molecule has 1 N–H and O–H groups in total. The maximum atomic E-state index is 12.4. The SMILES string of the molecule is O=C(NCc1ccco1)c1cccc(-c2ccc(N3CCCC3)nc2)c1. The summed E-state index contributed by atoms with van der Waals surface area (Å²) in [5, 5.41) is 2.87. The normalized spacial score (nSPS) is 13.8. The molecule has 1 amide bonds. The number of furan rings is 1. The first-order valence-electron chi connectivity index (χ1n) is 8.91. The van der Waals surface area contributed by atoms with Crippen molar-refractivity contribution in [2.24, 2.45) is 0 Å². The Hall–Kier alpha value is -3.08. The van der Waals surface area contributed by atoms with Crippen LogP contribution in [-0.2, 0) is 6.54 Å². The Labute approximate surface area is 152 Å². The van der Waals surface area contributed by atoms with E-state index >= 15 is 0 Å². The van der Waals surface area contributed by atoms with Crippen LogP contribution in [0, 0.1) is 0 Å². The molecular weight excluding hydrogens is 326 g/mol. The van der Waals surface area contributed by atoms with Gasteiger partial charge in [0.15, 0.2) is 0 Å². The van der Waals surface area contributed by atoms with Gasteiger partial charge in [-0.05, 0) is 54.8 Å². The average Bonchev–Trinajstić information content (AvgIpc) is 3.40. The first kappa shape index (κ1) is 16.4. The number of pyridine rings is 1. The van der Waals surface area contributed by atoms with Crippen molar-refractivity contribution < 1.29 is 9.21 Å². The Bertz CT molecular complexity index is 867. The molecule has 5 heteroatoms. The summed E-state index contributed by atoms with van der Waals surface area (Å²) in [4.78, 5) is 19.3. The van der Waals surface area contributed by atoms with Crippen LogP contribution in [0.15, 0.2) is 65.4 Å². The Morgan fingerprint density at radius 2 is 1.96 bits per heavy atom. The Balaban J connectivity index is 1.47. The molecule has 26 heavy (non-hydrogen) atoms. The van der Waals surface area contributed by atoms with Gasteiger partial charge in [-0.3, -0.25) is 4.79 Å². The standard InChI is InChI=1S/C21H21N3O2/c25-21(23-15-19-7-4-12-26-19)17-6-3-5-16(13-17)18-8-9-20(22-14-18)24-10-1-2-11-24/h3-9,12-14H,1-2,10-11,15H2,(H,23,25). The molecule has 1 aromatic carbocycles. The van der Waals surface area contributed by atoms with Crippen molar-refractivity contribution >= 4 is 11.7 Å². The van der Waals surface area contributed by atoms with E-state index in [-0.39, 0.29) is 5.91 Å². The summed E-state index contributed by atoms with van der Waals surface area (Å²) in [6.45, 7) is 2.54. The van der Waals surface area contributed by atoms with Crippen LogP contribution in [0.3, 0.4) is 0 Å². The lowest BCUT2D eigenvalue weighted by molar-refractivity contribution is 0.0948. The van der Waals surface area contributed by atoms with Crippen molar-refractivity contribution in [1.82, 2.24) is 10.3 Å². The van der Waals surface area contributed by atoms with Crippen molar-refractivity contribution in [3.8, 4) is 11.1 Å². The van der Waals surface area contributed by atoms with Gasteiger partial charge < -0.3 is 14.6 Å². The number of nitrogens with one attached hydrogen (secondary N) is 1. The van der Waals surface area contributed by atoms with Crippen LogP contribution >= 0.6 is 0 Å².